The molecule has 1 amide bonds. The molecule has 0 spiro atoms. The third-order valence-electron chi connectivity index (χ3n) is 3.04. The average Bonchev–Trinajstić information content (AvgIpc) is 2.35. The number of halogens is 3. The lowest BCUT2D eigenvalue weighted by Gasteiger charge is -2.16. The molecule has 1 rings (SSSR count). The Bertz CT molecular complexity index is 441. The van der Waals surface area contributed by atoms with Crippen molar-refractivity contribution < 1.29 is 18.0 Å². The summed E-state index contributed by atoms with van der Waals surface area (Å²) in [5.41, 5.74) is 5.60. The second-order valence-electron chi connectivity index (χ2n) is 5.08. The minimum Gasteiger partial charge on any atom is -0.354 e. The third kappa shape index (κ3) is 5.21. The van der Waals surface area contributed by atoms with Crippen LogP contribution in [0, 0.1) is 5.92 Å². The number of amides is 1. The summed E-state index contributed by atoms with van der Waals surface area (Å²) in [7, 11) is 0. The van der Waals surface area contributed by atoms with Crippen molar-refractivity contribution in [1.82, 2.24) is 5.32 Å². The number of nitrogens with two attached hydrogens (primary N) is 1. The quantitative estimate of drug-likeness (QED) is 0.874. The summed E-state index contributed by atoms with van der Waals surface area (Å²) in [4.78, 5) is 11.6. The van der Waals surface area contributed by atoms with Crippen molar-refractivity contribution in [3.63, 3.8) is 0 Å². The zero-order valence-electron chi connectivity index (χ0n) is 11.5. The van der Waals surface area contributed by atoms with Gasteiger partial charge in [0.2, 0.25) is 5.91 Å². The van der Waals surface area contributed by atoms with E-state index < -0.39 is 11.7 Å². The molecule has 0 aromatic heterocycles. The highest BCUT2D eigenvalue weighted by Gasteiger charge is 2.29. The van der Waals surface area contributed by atoms with Crippen molar-refractivity contribution in [3.8, 4) is 0 Å². The molecule has 0 aliphatic heterocycles. The molecule has 3 nitrogen and oxygen atoms in total. The summed E-state index contributed by atoms with van der Waals surface area (Å²) in [6, 6.07) is 4.44. The number of carbonyl (C=O) groups excluding carboxylic acids is 1. The van der Waals surface area contributed by atoms with Crippen molar-refractivity contribution in [2.75, 3.05) is 6.54 Å². The van der Waals surface area contributed by atoms with E-state index in [2.05, 4.69) is 5.32 Å². The maximum atomic E-state index is 12.4. The highest BCUT2D eigenvalue weighted by atomic mass is 19.4. The Kier molecular flexibility index (Phi) is 5.56. The number of hydrogen-bond donors (Lipinski definition) is 2. The van der Waals surface area contributed by atoms with E-state index in [1.807, 2.05) is 13.8 Å². The maximum absolute atomic E-state index is 12.4. The molecule has 0 heterocycles. The Morgan fingerprint density at radius 1 is 1.25 bits per heavy atom. The first-order valence-electron chi connectivity index (χ1n) is 6.38. The van der Waals surface area contributed by atoms with Crippen LogP contribution in [0.4, 0.5) is 13.2 Å². The van der Waals surface area contributed by atoms with Crippen LogP contribution >= 0.6 is 0 Å². The van der Waals surface area contributed by atoms with E-state index in [-0.39, 0.29) is 24.3 Å². The second kappa shape index (κ2) is 6.74. The summed E-state index contributed by atoms with van der Waals surface area (Å²) in [5.74, 6) is 0.00206. The van der Waals surface area contributed by atoms with E-state index in [4.69, 9.17) is 5.73 Å². The van der Waals surface area contributed by atoms with E-state index in [1.165, 1.54) is 12.1 Å². The van der Waals surface area contributed by atoms with Crippen LogP contribution < -0.4 is 11.1 Å². The number of hydrogen-bond acceptors (Lipinski definition) is 2. The Morgan fingerprint density at radius 3 is 2.25 bits per heavy atom. The normalized spacial score (nSPS) is 13.3. The summed E-state index contributed by atoms with van der Waals surface area (Å²) in [5, 5.41) is 2.67. The molecular weight excluding hydrogens is 269 g/mol. The molecule has 6 heteroatoms. The van der Waals surface area contributed by atoms with Crippen molar-refractivity contribution in [1.29, 1.82) is 0 Å². The topological polar surface area (TPSA) is 55.1 Å². The van der Waals surface area contributed by atoms with Gasteiger partial charge in [-0.25, -0.2) is 0 Å². The van der Waals surface area contributed by atoms with Crippen LogP contribution in [0.15, 0.2) is 24.3 Å². The van der Waals surface area contributed by atoms with Gasteiger partial charge in [-0.1, -0.05) is 26.0 Å². The maximum Gasteiger partial charge on any atom is 0.416 e. The summed E-state index contributed by atoms with van der Waals surface area (Å²) < 4.78 is 37.1. The van der Waals surface area contributed by atoms with Crippen LogP contribution in [-0.4, -0.2) is 18.5 Å². The van der Waals surface area contributed by atoms with Crippen LogP contribution in [0.25, 0.3) is 0 Å². The lowest BCUT2D eigenvalue weighted by atomic mass is 10.1. The fourth-order valence-corrected chi connectivity index (χ4v) is 1.53. The molecule has 1 unspecified atom stereocenters. The molecule has 1 aromatic carbocycles. The van der Waals surface area contributed by atoms with Crippen molar-refractivity contribution >= 4 is 5.91 Å². The Hall–Kier alpha value is -1.56. The molecule has 3 N–H and O–H groups in total. The van der Waals surface area contributed by atoms with Gasteiger partial charge in [0.15, 0.2) is 0 Å². The molecule has 0 aliphatic rings. The van der Waals surface area contributed by atoms with Gasteiger partial charge in [0.25, 0.3) is 0 Å². The highest BCUT2D eigenvalue weighted by molar-refractivity contribution is 5.78. The molecule has 1 atom stereocenters. The fraction of sp³-hybridized carbons (Fsp3) is 0.500. The second-order valence-corrected chi connectivity index (χ2v) is 5.08. The Morgan fingerprint density at radius 2 is 1.80 bits per heavy atom. The standard InChI is InChI=1S/C14H19F3N2O/c1-9(2)12(18)8-19-13(20)7-10-3-5-11(6-4-10)14(15,16)17/h3-6,9,12H,7-8,18H2,1-2H3,(H,19,20). The van der Waals surface area contributed by atoms with Gasteiger partial charge >= 0.3 is 6.18 Å². The summed E-state index contributed by atoms with van der Waals surface area (Å²) >= 11 is 0. The van der Waals surface area contributed by atoms with Gasteiger partial charge < -0.3 is 11.1 Å². The predicted molar refractivity (Wildman–Crippen MR) is 71.0 cm³/mol. The van der Waals surface area contributed by atoms with Gasteiger partial charge in [0, 0.05) is 12.6 Å². The molecule has 0 saturated heterocycles. The molecular formula is C14H19F3N2O. The lowest BCUT2D eigenvalue weighted by molar-refractivity contribution is -0.137. The molecule has 20 heavy (non-hydrogen) atoms. The summed E-state index contributed by atoms with van der Waals surface area (Å²) in [6.45, 7) is 4.26. The summed E-state index contributed by atoms with van der Waals surface area (Å²) in [6.07, 6.45) is -4.31. The minimum atomic E-state index is -4.36. The molecule has 112 valence electrons. The number of rotatable bonds is 5. The van der Waals surface area contributed by atoms with Gasteiger partial charge in [-0.15, -0.1) is 0 Å². The smallest absolute Gasteiger partial charge is 0.354 e. The van der Waals surface area contributed by atoms with Gasteiger partial charge in [-0.05, 0) is 23.6 Å². The van der Waals surface area contributed by atoms with E-state index in [0.717, 1.165) is 12.1 Å². The van der Waals surface area contributed by atoms with Crippen LogP contribution in [0.5, 0.6) is 0 Å². The molecule has 1 aromatic rings. The Labute approximate surface area is 116 Å². The highest BCUT2D eigenvalue weighted by Crippen LogP contribution is 2.29. The molecule has 0 bridgehead atoms. The van der Waals surface area contributed by atoms with Gasteiger partial charge in [-0.3, -0.25) is 4.79 Å². The van der Waals surface area contributed by atoms with E-state index in [0.29, 0.717) is 12.1 Å². The molecule has 0 fully saturated rings. The zero-order valence-corrected chi connectivity index (χ0v) is 11.5. The fourth-order valence-electron chi connectivity index (χ4n) is 1.53. The molecule has 0 radical (unpaired) electrons. The first-order valence-corrected chi connectivity index (χ1v) is 6.38. The minimum absolute atomic E-state index is 0.0446. The third-order valence-corrected chi connectivity index (χ3v) is 3.04. The van der Waals surface area contributed by atoms with E-state index in [1.54, 1.807) is 0 Å². The first kappa shape index (κ1) is 16.5. The van der Waals surface area contributed by atoms with Crippen LogP contribution in [0.3, 0.4) is 0 Å². The number of carbonyl (C=O) groups is 1. The lowest BCUT2D eigenvalue weighted by Crippen LogP contribution is -2.40. The van der Waals surface area contributed by atoms with Crippen LogP contribution in [-0.2, 0) is 17.4 Å². The van der Waals surface area contributed by atoms with Crippen LogP contribution in [0.1, 0.15) is 25.0 Å². The monoisotopic (exact) mass is 288 g/mol. The van der Waals surface area contributed by atoms with Crippen molar-refractivity contribution in [3.05, 3.63) is 35.4 Å². The average molecular weight is 288 g/mol. The van der Waals surface area contributed by atoms with E-state index in [9.17, 15) is 18.0 Å². The predicted octanol–water partition coefficient (Wildman–Crippen LogP) is 2.35. The van der Waals surface area contributed by atoms with Crippen molar-refractivity contribution in [2.24, 2.45) is 11.7 Å². The molecule has 0 saturated carbocycles. The van der Waals surface area contributed by atoms with Crippen LogP contribution in [0.2, 0.25) is 0 Å². The molecule has 0 aliphatic carbocycles. The van der Waals surface area contributed by atoms with Gasteiger partial charge in [0.05, 0.1) is 12.0 Å². The number of benzene rings is 1. The Balaban J connectivity index is 2.51. The number of nitrogens with one attached hydrogen (secondary N) is 1. The zero-order chi connectivity index (χ0) is 15.3. The van der Waals surface area contributed by atoms with Gasteiger partial charge in [-0.2, -0.15) is 13.2 Å². The largest absolute Gasteiger partial charge is 0.416 e. The first-order chi connectivity index (χ1) is 9.20. The SMILES string of the molecule is CC(C)C(N)CNC(=O)Cc1ccc(C(F)(F)F)cc1. The van der Waals surface area contributed by atoms with Gasteiger partial charge in [0.1, 0.15) is 0 Å². The van der Waals surface area contributed by atoms with Crippen molar-refractivity contribution in [2.45, 2.75) is 32.5 Å². The van der Waals surface area contributed by atoms with E-state index >= 15 is 0 Å². The number of alkyl halides is 3.